The summed E-state index contributed by atoms with van der Waals surface area (Å²) in [6, 6.07) is 15.0. The highest BCUT2D eigenvalue weighted by molar-refractivity contribution is 5.69. The lowest BCUT2D eigenvalue weighted by atomic mass is 10.0. The monoisotopic (exact) mass is 577 g/mol. The lowest BCUT2D eigenvalue weighted by molar-refractivity contribution is -0.00492. The summed E-state index contributed by atoms with van der Waals surface area (Å²) in [6.45, 7) is 10.8. The molecule has 226 valence electrons. The van der Waals surface area contributed by atoms with Crippen molar-refractivity contribution in [2.45, 2.75) is 65.1 Å². The van der Waals surface area contributed by atoms with Gasteiger partial charge in [0.25, 0.3) is 0 Å². The Morgan fingerprint density at radius 1 is 0.976 bits per heavy atom. The number of likely N-dealkylation sites (tertiary alicyclic amines) is 1. The van der Waals surface area contributed by atoms with Crippen LogP contribution in [-0.4, -0.2) is 55.9 Å². The van der Waals surface area contributed by atoms with Crippen LogP contribution in [0.15, 0.2) is 66.7 Å². The maximum atomic E-state index is 13.9. The summed E-state index contributed by atoms with van der Waals surface area (Å²) in [5, 5.41) is 0. The molecular weight excluding hydrogens is 533 g/mol. The van der Waals surface area contributed by atoms with E-state index in [4.69, 9.17) is 18.9 Å². The zero-order chi connectivity index (χ0) is 30.3. The quantitative estimate of drug-likeness (QED) is 0.219. The molecule has 0 amide bonds. The van der Waals surface area contributed by atoms with Gasteiger partial charge in [-0.05, 0) is 100 Å². The van der Waals surface area contributed by atoms with E-state index in [2.05, 4.69) is 54.6 Å². The van der Waals surface area contributed by atoms with E-state index in [0.29, 0.717) is 23.8 Å². The van der Waals surface area contributed by atoms with E-state index in [-0.39, 0.29) is 17.5 Å². The third-order valence-electron chi connectivity index (χ3n) is 7.30. The molecule has 1 aliphatic heterocycles. The topological polar surface area (TPSA) is 56.3 Å². The molecule has 0 aliphatic carbocycles. The SMILES string of the molecule is CC/C=C(\OC(C)(C)C)N1CCC(N(Cc2ccnc(-c3cc(OC)c(OC)c(OC)c3)c2)c2ccc(F)cc2)CC1. The standard InChI is InChI=1S/C34H44FN3O4/c1-8-9-32(42-34(2,3)4)37-18-15-28(16-19-37)38(27-12-10-26(35)11-13-27)23-24-14-17-36-29(20-24)25-21-30(39-5)33(41-7)31(22-25)40-6/h9-14,17,20-22,28H,8,15-16,18-19,23H2,1-7H3/b32-9-. The molecule has 2 heterocycles. The summed E-state index contributed by atoms with van der Waals surface area (Å²) in [6.07, 6.45) is 6.83. The van der Waals surface area contributed by atoms with Gasteiger partial charge in [-0.2, -0.15) is 0 Å². The second-order valence-corrected chi connectivity index (χ2v) is 11.5. The number of anilines is 1. The Hall–Kier alpha value is -3.94. The van der Waals surface area contributed by atoms with Gasteiger partial charge in [0.2, 0.25) is 5.75 Å². The highest BCUT2D eigenvalue weighted by atomic mass is 19.1. The summed E-state index contributed by atoms with van der Waals surface area (Å²) in [5.41, 5.74) is 3.50. The van der Waals surface area contributed by atoms with Crippen molar-refractivity contribution < 1.29 is 23.3 Å². The number of hydrogen-bond acceptors (Lipinski definition) is 7. The average Bonchev–Trinajstić information content (AvgIpc) is 2.99. The van der Waals surface area contributed by atoms with E-state index < -0.39 is 0 Å². The van der Waals surface area contributed by atoms with Crippen LogP contribution < -0.4 is 19.1 Å². The number of allylic oxidation sites excluding steroid dienone is 1. The Labute approximate surface area is 249 Å². The number of nitrogens with zero attached hydrogens (tertiary/aromatic N) is 3. The van der Waals surface area contributed by atoms with Crippen LogP contribution in [-0.2, 0) is 11.3 Å². The number of rotatable bonds is 11. The zero-order valence-corrected chi connectivity index (χ0v) is 25.9. The van der Waals surface area contributed by atoms with E-state index in [0.717, 1.165) is 60.7 Å². The van der Waals surface area contributed by atoms with Crippen LogP contribution in [0.2, 0.25) is 0 Å². The summed E-state index contributed by atoms with van der Waals surface area (Å²) in [7, 11) is 4.80. The van der Waals surface area contributed by atoms with Gasteiger partial charge in [0.05, 0.1) is 27.0 Å². The molecule has 0 spiro atoms. The lowest BCUT2D eigenvalue weighted by Crippen LogP contribution is -2.45. The Kier molecular flexibility index (Phi) is 10.2. The smallest absolute Gasteiger partial charge is 0.203 e. The first-order valence-corrected chi connectivity index (χ1v) is 14.6. The third kappa shape index (κ3) is 7.66. The molecular formula is C34H44FN3O4. The Morgan fingerprint density at radius 3 is 2.17 bits per heavy atom. The van der Waals surface area contributed by atoms with E-state index in [9.17, 15) is 4.39 Å². The van der Waals surface area contributed by atoms with E-state index in [1.165, 1.54) is 12.1 Å². The second kappa shape index (κ2) is 13.8. The molecule has 0 radical (unpaired) electrons. The highest BCUT2D eigenvalue weighted by Crippen LogP contribution is 2.41. The number of methoxy groups -OCH3 is 3. The zero-order valence-electron chi connectivity index (χ0n) is 25.9. The average molecular weight is 578 g/mol. The molecule has 3 aromatic rings. The number of hydrogen-bond donors (Lipinski definition) is 0. The molecule has 1 aliphatic rings. The molecule has 4 rings (SSSR count). The molecule has 7 nitrogen and oxygen atoms in total. The van der Waals surface area contributed by atoms with Gasteiger partial charge in [0.1, 0.15) is 11.4 Å². The number of aromatic nitrogens is 1. The fraction of sp³-hybridized carbons (Fsp3) is 0.441. The number of pyridine rings is 1. The fourth-order valence-electron chi connectivity index (χ4n) is 5.34. The van der Waals surface area contributed by atoms with Gasteiger partial charge in [0, 0.05) is 43.1 Å². The number of benzene rings is 2. The van der Waals surface area contributed by atoms with Crippen LogP contribution in [0.1, 0.15) is 52.5 Å². The van der Waals surface area contributed by atoms with Gasteiger partial charge in [-0.25, -0.2) is 4.39 Å². The predicted molar refractivity (Wildman–Crippen MR) is 166 cm³/mol. The van der Waals surface area contributed by atoms with Crippen LogP contribution in [0.5, 0.6) is 17.2 Å². The van der Waals surface area contributed by atoms with Crippen LogP contribution in [0.3, 0.4) is 0 Å². The van der Waals surface area contributed by atoms with Crippen LogP contribution in [0.25, 0.3) is 11.3 Å². The van der Waals surface area contributed by atoms with Crippen molar-refractivity contribution in [2.75, 3.05) is 39.3 Å². The Morgan fingerprint density at radius 2 is 1.62 bits per heavy atom. The van der Waals surface area contributed by atoms with Crippen molar-refractivity contribution in [3.05, 3.63) is 78.1 Å². The molecule has 0 N–H and O–H groups in total. The predicted octanol–water partition coefficient (Wildman–Crippen LogP) is 7.45. The summed E-state index contributed by atoms with van der Waals surface area (Å²) in [4.78, 5) is 9.39. The number of ether oxygens (including phenoxy) is 4. The first-order chi connectivity index (χ1) is 20.1. The van der Waals surface area contributed by atoms with Crippen LogP contribution in [0.4, 0.5) is 10.1 Å². The minimum absolute atomic E-state index is 0.240. The summed E-state index contributed by atoms with van der Waals surface area (Å²) < 4.78 is 36.8. The van der Waals surface area contributed by atoms with E-state index in [1.807, 2.05) is 36.5 Å². The van der Waals surface area contributed by atoms with Gasteiger partial charge in [0.15, 0.2) is 17.4 Å². The maximum absolute atomic E-state index is 13.9. The van der Waals surface area contributed by atoms with Crippen molar-refractivity contribution in [3.8, 4) is 28.5 Å². The number of piperidine rings is 1. The minimum Gasteiger partial charge on any atom is -0.493 e. The molecule has 1 fully saturated rings. The third-order valence-corrected chi connectivity index (χ3v) is 7.30. The molecule has 42 heavy (non-hydrogen) atoms. The highest BCUT2D eigenvalue weighted by Gasteiger charge is 2.28. The van der Waals surface area contributed by atoms with Gasteiger partial charge in [-0.1, -0.05) is 6.92 Å². The first kappa shape index (κ1) is 31.0. The molecule has 0 unspecified atom stereocenters. The normalized spacial score (nSPS) is 14.5. The van der Waals surface area contributed by atoms with Crippen molar-refractivity contribution in [1.82, 2.24) is 9.88 Å². The molecule has 2 aromatic carbocycles. The van der Waals surface area contributed by atoms with Crippen molar-refractivity contribution in [3.63, 3.8) is 0 Å². The van der Waals surface area contributed by atoms with Gasteiger partial charge in [-0.3, -0.25) is 4.98 Å². The first-order valence-electron chi connectivity index (χ1n) is 14.6. The summed E-state index contributed by atoms with van der Waals surface area (Å²) in [5.74, 6) is 2.41. The molecule has 1 aromatic heterocycles. The van der Waals surface area contributed by atoms with Crippen LogP contribution >= 0.6 is 0 Å². The Balaban J connectivity index is 1.60. The van der Waals surface area contributed by atoms with Crippen molar-refractivity contribution in [1.29, 1.82) is 0 Å². The molecule has 1 saturated heterocycles. The minimum atomic E-state index is -0.255. The molecule has 0 atom stereocenters. The largest absolute Gasteiger partial charge is 0.493 e. The van der Waals surface area contributed by atoms with Crippen molar-refractivity contribution >= 4 is 5.69 Å². The lowest BCUT2D eigenvalue weighted by Gasteiger charge is -2.42. The molecule has 0 saturated carbocycles. The van der Waals surface area contributed by atoms with Gasteiger partial charge < -0.3 is 28.7 Å². The second-order valence-electron chi connectivity index (χ2n) is 11.5. The van der Waals surface area contributed by atoms with Crippen LogP contribution in [0, 0.1) is 5.82 Å². The molecule has 0 bridgehead atoms. The van der Waals surface area contributed by atoms with Gasteiger partial charge in [-0.15, -0.1) is 0 Å². The summed E-state index contributed by atoms with van der Waals surface area (Å²) >= 11 is 0. The van der Waals surface area contributed by atoms with Gasteiger partial charge >= 0.3 is 0 Å². The Bertz CT molecular complexity index is 1320. The van der Waals surface area contributed by atoms with E-state index in [1.54, 1.807) is 21.3 Å². The van der Waals surface area contributed by atoms with Crippen molar-refractivity contribution in [2.24, 2.45) is 0 Å². The maximum Gasteiger partial charge on any atom is 0.203 e. The molecule has 8 heteroatoms. The van der Waals surface area contributed by atoms with E-state index >= 15 is 0 Å². The fourth-order valence-corrected chi connectivity index (χ4v) is 5.34. The number of halogens is 1.